The molecule has 2 unspecified atom stereocenters. The highest BCUT2D eigenvalue weighted by atomic mass is 16.5. The number of rotatable bonds is 7. The second-order valence-corrected chi connectivity index (χ2v) is 8.85. The van der Waals surface area contributed by atoms with Crippen LogP contribution in [0.1, 0.15) is 33.4 Å². The van der Waals surface area contributed by atoms with E-state index >= 15 is 0 Å². The first-order valence-electron chi connectivity index (χ1n) is 12.2. The Morgan fingerprint density at radius 1 is 0.737 bits per heavy atom. The fourth-order valence-electron chi connectivity index (χ4n) is 4.94. The van der Waals surface area contributed by atoms with Crippen molar-refractivity contribution in [3.63, 3.8) is 0 Å². The second-order valence-electron chi connectivity index (χ2n) is 8.85. The Hall–Kier alpha value is -4.78. The third kappa shape index (κ3) is 4.54. The minimum atomic E-state index is -0.718. The first kappa shape index (κ1) is 24.9. The number of para-hydroxylation sites is 2. The summed E-state index contributed by atoms with van der Waals surface area (Å²) in [5.41, 5.74) is 3.15. The zero-order chi connectivity index (χ0) is 26.6. The van der Waals surface area contributed by atoms with Gasteiger partial charge in [0.2, 0.25) is 5.91 Å². The van der Waals surface area contributed by atoms with E-state index in [2.05, 4.69) is 5.32 Å². The quantitative estimate of drug-likeness (QED) is 0.340. The molecule has 0 aliphatic carbocycles. The van der Waals surface area contributed by atoms with Crippen molar-refractivity contribution in [1.29, 1.82) is 0 Å². The van der Waals surface area contributed by atoms with Gasteiger partial charge >= 0.3 is 0 Å². The SMILES string of the molecule is COc1ccc(C2C(C(=O)Nc3ccccc3OC)c3ccccc3C(=O)N2c2ccc(OC)cc2)cc1. The molecule has 7 nitrogen and oxygen atoms in total. The van der Waals surface area contributed by atoms with Crippen LogP contribution in [-0.4, -0.2) is 33.1 Å². The molecule has 1 N–H and O–H groups in total. The number of carbonyl (C=O) groups is 2. The van der Waals surface area contributed by atoms with E-state index in [0.717, 1.165) is 5.56 Å². The Bertz CT molecular complexity index is 1450. The lowest BCUT2D eigenvalue weighted by molar-refractivity contribution is -0.118. The second kappa shape index (κ2) is 10.7. The lowest BCUT2D eigenvalue weighted by Gasteiger charge is -2.42. The monoisotopic (exact) mass is 508 g/mol. The zero-order valence-electron chi connectivity index (χ0n) is 21.4. The van der Waals surface area contributed by atoms with Gasteiger partial charge in [0.05, 0.1) is 39.0 Å². The van der Waals surface area contributed by atoms with Crippen molar-refractivity contribution in [2.45, 2.75) is 12.0 Å². The highest BCUT2D eigenvalue weighted by Gasteiger charge is 2.45. The van der Waals surface area contributed by atoms with E-state index in [-0.39, 0.29) is 11.8 Å². The van der Waals surface area contributed by atoms with Gasteiger partial charge in [0.15, 0.2) is 0 Å². The molecule has 4 aromatic carbocycles. The van der Waals surface area contributed by atoms with Crippen molar-refractivity contribution >= 4 is 23.2 Å². The maximum absolute atomic E-state index is 14.1. The lowest BCUT2D eigenvalue weighted by atomic mass is 9.78. The summed E-state index contributed by atoms with van der Waals surface area (Å²) < 4.78 is 16.2. The summed E-state index contributed by atoms with van der Waals surface area (Å²) >= 11 is 0. The number of hydrogen-bond acceptors (Lipinski definition) is 5. The molecule has 2 amide bonds. The highest BCUT2D eigenvalue weighted by Crippen LogP contribution is 2.46. The van der Waals surface area contributed by atoms with Gasteiger partial charge in [0, 0.05) is 11.3 Å². The number of carbonyl (C=O) groups excluding carboxylic acids is 2. The minimum Gasteiger partial charge on any atom is -0.497 e. The third-order valence-electron chi connectivity index (χ3n) is 6.79. The molecule has 1 aliphatic heterocycles. The first-order valence-corrected chi connectivity index (χ1v) is 12.2. The lowest BCUT2D eigenvalue weighted by Crippen LogP contribution is -2.46. The van der Waals surface area contributed by atoms with E-state index in [4.69, 9.17) is 14.2 Å². The van der Waals surface area contributed by atoms with E-state index < -0.39 is 12.0 Å². The fraction of sp³-hybridized carbons (Fsp3) is 0.161. The van der Waals surface area contributed by atoms with Gasteiger partial charge in [-0.1, -0.05) is 42.5 Å². The van der Waals surface area contributed by atoms with Crippen LogP contribution in [0.4, 0.5) is 11.4 Å². The standard InChI is InChI=1S/C31H28N2O5/c1-36-22-16-12-20(13-17-22)29-28(30(34)32-26-10-6-7-11-27(26)38-3)24-8-4-5-9-25(24)31(35)33(29)21-14-18-23(37-2)19-15-21/h4-19,28-29H,1-3H3,(H,32,34). The van der Waals surface area contributed by atoms with Crippen LogP contribution in [0.15, 0.2) is 97.1 Å². The van der Waals surface area contributed by atoms with Crippen molar-refractivity contribution in [2.75, 3.05) is 31.5 Å². The summed E-state index contributed by atoms with van der Waals surface area (Å²) in [7, 11) is 4.75. The van der Waals surface area contributed by atoms with Gasteiger partial charge in [-0.2, -0.15) is 0 Å². The molecule has 38 heavy (non-hydrogen) atoms. The molecule has 0 saturated carbocycles. The number of nitrogens with one attached hydrogen (secondary N) is 1. The summed E-state index contributed by atoms with van der Waals surface area (Å²) in [4.78, 5) is 29.9. The van der Waals surface area contributed by atoms with Gasteiger partial charge in [0.1, 0.15) is 17.2 Å². The number of ether oxygens (including phenoxy) is 3. The van der Waals surface area contributed by atoms with Gasteiger partial charge in [0.25, 0.3) is 5.91 Å². The summed E-state index contributed by atoms with van der Waals surface area (Å²) in [6.45, 7) is 0. The zero-order valence-corrected chi connectivity index (χ0v) is 21.4. The Morgan fingerprint density at radius 2 is 1.34 bits per heavy atom. The Balaban J connectivity index is 1.68. The Kier molecular flexibility index (Phi) is 7.00. The average Bonchev–Trinajstić information content (AvgIpc) is 2.97. The van der Waals surface area contributed by atoms with Crippen LogP contribution in [0.2, 0.25) is 0 Å². The van der Waals surface area contributed by atoms with Gasteiger partial charge < -0.3 is 19.5 Å². The maximum atomic E-state index is 14.1. The molecule has 5 rings (SSSR count). The van der Waals surface area contributed by atoms with Gasteiger partial charge in [-0.05, 0) is 65.7 Å². The van der Waals surface area contributed by atoms with Crippen LogP contribution in [-0.2, 0) is 4.79 Å². The summed E-state index contributed by atoms with van der Waals surface area (Å²) in [6, 6.07) is 28.6. The molecule has 7 heteroatoms. The predicted molar refractivity (Wildman–Crippen MR) is 146 cm³/mol. The number of benzene rings is 4. The van der Waals surface area contributed by atoms with E-state index in [1.54, 1.807) is 56.6 Å². The summed E-state index contributed by atoms with van der Waals surface area (Å²) in [6.07, 6.45) is 0. The smallest absolute Gasteiger partial charge is 0.259 e. The molecule has 0 bridgehead atoms. The minimum absolute atomic E-state index is 0.187. The van der Waals surface area contributed by atoms with Crippen molar-refractivity contribution in [3.8, 4) is 17.2 Å². The maximum Gasteiger partial charge on any atom is 0.259 e. The van der Waals surface area contributed by atoms with Crippen LogP contribution < -0.4 is 24.4 Å². The van der Waals surface area contributed by atoms with Gasteiger partial charge in [-0.15, -0.1) is 0 Å². The summed E-state index contributed by atoms with van der Waals surface area (Å²) in [5.74, 6) is 0.743. The number of nitrogens with zero attached hydrogens (tertiary/aromatic N) is 1. The molecule has 4 aromatic rings. The number of fused-ring (bicyclic) bond motifs is 1. The molecular formula is C31H28N2O5. The Labute approximate surface area is 221 Å². The van der Waals surface area contributed by atoms with Crippen molar-refractivity contribution < 1.29 is 23.8 Å². The van der Waals surface area contributed by atoms with Crippen LogP contribution in [0, 0.1) is 0 Å². The number of anilines is 2. The molecule has 1 aliphatic rings. The average molecular weight is 509 g/mol. The normalized spacial score (nSPS) is 16.4. The number of hydrogen-bond donors (Lipinski definition) is 1. The Morgan fingerprint density at radius 3 is 2.00 bits per heavy atom. The number of amides is 2. The molecule has 2 atom stereocenters. The molecule has 0 fully saturated rings. The fourth-order valence-corrected chi connectivity index (χ4v) is 4.94. The number of methoxy groups -OCH3 is 3. The van der Waals surface area contributed by atoms with Crippen LogP contribution in [0.5, 0.6) is 17.2 Å². The van der Waals surface area contributed by atoms with E-state index in [1.807, 2.05) is 66.7 Å². The highest BCUT2D eigenvalue weighted by molar-refractivity contribution is 6.12. The van der Waals surface area contributed by atoms with Gasteiger partial charge in [-0.3, -0.25) is 14.5 Å². The first-order chi connectivity index (χ1) is 18.5. The van der Waals surface area contributed by atoms with E-state index in [9.17, 15) is 9.59 Å². The largest absolute Gasteiger partial charge is 0.497 e. The summed E-state index contributed by atoms with van der Waals surface area (Å²) in [5, 5.41) is 3.05. The third-order valence-corrected chi connectivity index (χ3v) is 6.79. The van der Waals surface area contributed by atoms with E-state index in [0.29, 0.717) is 39.8 Å². The van der Waals surface area contributed by atoms with Crippen LogP contribution >= 0.6 is 0 Å². The topological polar surface area (TPSA) is 77.1 Å². The molecule has 192 valence electrons. The van der Waals surface area contributed by atoms with E-state index in [1.165, 1.54) is 0 Å². The van der Waals surface area contributed by atoms with Crippen LogP contribution in [0.25, 0.3) is 0 Å². The molecule has 0 saturated heterocycles. The van der Waals surface area contributed by atoms with Crippen LogP contribution in [0.3, 0.4) is 0 Å². The molecular weight excluding hydrogens is 480 g/mol. The molecule has 0 radical (unpaired) electrons. The predicted octanol–water partition coefficient (Wildman–Crippen LogP) is 5.84. The van der Waals surface area contributed by atoms with Crippen molar-refractivity contribution in [2.24, 2.45) is 0 Å². The van der Waals surface area contributed by atoms with Crippen molar-refractivity contribution in [1.82, 2.24) is 0 Å². The molecule has 0 spiro atoms. The van der Waals surface area contributed by atoms with Crippen molar-refractivity contribution in [3.05, 3.63) is 114 Å². The molecule has 1 heterocycles. The van der Waals surface area contributed by atoms with Gasteiger partial charge in [-0.25, -0.2) is 0 Å². The molecule has 0 aromatic heterocycles.